The standard InChI is InChI=1S/C18H21N3O4/c1-2-25-18(24)13-6-5-9-20(11-13)17(23)12-21-15-8-4-3-7-14(15)19-10-16(21)22/h3-4,7-8,10,13H,2,5-6,9,11-12H2,1H3/t13-/m1/s1. The Morgan fingerprint density at radius 1 is 1.32 bits per heavy atom. The van der Waals surface area contributed by atoms with Crippen molar-refractivity contribution in [2.75, 3.05) is 19.7 Å². The summed E-state index contributed by atoms with van der Waals surface area (Å²) >= 11 is 0. The first-order chi connectivity index (χ1) is 12.1. The third-order valence-electron chi connectivity index (χ3n) is 4.44. The maximum atomic E-state index is 12.7. The van der Waals surface area contributed by atoms with Crippen molar-refractivity contribution in [1.82, 2.24) is 14.5 Å². The lowest BCUT2D eigenvalue weighted by atomic mass is 9.98. The van der Waals surface area contributed by atoms with Gasteiger partial charge in [0.15, 0.2) is 0 Å². The zero-order valence-corrected chi connectivity index (χ0v) is 14.2. The molecule has 25 heavy (non-hydrogen) atoms. The largest absolute Gasteiger partial charge is 0.466 e. The number of aromatic nitrogens is 2. The zero-order chi connectivity index (χ0) is 17.8. The van der Waals surface area contributed by atoms with Crippen molar-refractivity contribution in [2.24, 2.45) is 5.92 Å². The summed E-state index contributed by atoms with van der Waals surface area (Å²) in [6.07, 6.45) is 2.70. The Balaban J connectivity index is 1.77. The molecule has 0 N–H and O–H groups in total. The average molecular weight is 343 g/mol. The summed E-state index contributed by atoms with van der Waals surface area (Å²) in [5.74, 6) is -0.720. The molecule has 0 saturated carbocycles. The van der Waals surface area contributed by atoms with Gasteiger partial charge in [-0.1, -0.05) is 12.1 Å². The van der Waals surface area contributed by atoms with Crippen LogP contribution in [0.15, 0.2) is 35.3 Å². The lowest BCUT2D eigenvalue weighted by molar-refractivity contribution is -0.151. The van der Waals surface area contributed by atoms with E-state index in [0.717, 1.165) is 12.8 Å². The van der Waals surface area contributed by atoms with E-state index < -0.39 is 0 Å². The monoisotopic (exact) mass is 343 g/mol. The highest BCUT2D eigenvalue weighted by molar-refractivity contribution is 5.81. The van der Waals surface area contributed by atoms with Crippen molar-refractivity contribution < 1.29 is 14.3 Å². The van der Waals surface area contributed by atoms with E-state index in [-0.39, 0.29) is 29.9 Å². The average Bonchev–Trinajstić information content (AvgIpc) is 2.64. The molecule has 3 rings (SSSR count). The fourth-order valence-electron chi connectivity index (χ4n) is 3.17. The van der Waals surface area contributed by atoms with Gasteiger partial charge in [-0.3, -0.25) is 19.0 Å². The molecular formula is C18H21N3O4. The number of ether oxygens (including phenoxy) is 1. The van der Waals surface area contributed by atoms with Crippen LogP contribution in [0.25, 0.3) is 11.0 Å². The number of para-hydroxylation sites is 2. The highest BCUT2D eigenvalue weighted by atomic mass is 16.5. The van der Waals surface area contributed by atoms with E-state index in [2.05, 4.69) is 4.98 Å². The van der Waals surface area contributed by atoms with Crippen molar-refractivity contribution in [3.8, 4) is 0 Å². The third kappa shape index (κ3) is 3.70. The van der Waals surface area contributed by atoms with Gasteiger partial charge >= 0.3 is 5.97 Å². The van der Waals surface area contributed by atoms with Gasteiger partial charge in [0.1, 0.15) is 6.54 Å². The van der Waals surface area contributed by atoms with E-state index in [4.69, 9.17) is 4.74 Å². The second kappa shape index (κ2) is 7.46. The number of carbonyl (C=O) groups excluding carboxylic acids is 2. The molecule has 1 amide bonds. The van der Waals surface area contributed by atoms with Crippen molar-refractivity contribution >= 4 is 22.9 Å². The predicted octanol–water partition coefficient (Wildman–Crippen LogP) is 1.20. The van der Waals surface area contributed by atoms with Crippen LogP contribution in [-0.4, -0.2) is 46.0 Å². The van der Waals surface area contributed by atoms with Crippen molar-refractivity contribution in [2.45, 2.75) is 26.3 Å². The summed E-state index contributed by atoms with van der Waals surface area (Å²) in [4.78, 5) is 42.5. The second-order valence-electron chi connectivity index (χ2n) is 6.10. The Hall–Kier alpha value is -2.70. The minimum absolute atomic E-state index is 0.0581. The molecule has 1 aromatic heterocycles. The van der Waals surface area contributed by atoms with Gasteiger partial charge in [0, 0.05) is 13.1 Å². The molecular weight excluding hydrogens is 322 g/mol. The summed E-state index contributed by atoms with van der Waals surface area (Å²) < 4.78 is 6.49. The molecule has 0 unspecified atom stereocenters. The molecule has 1 atom stereocenters. The number of hydrogen-bond acceptors (Lipinski definition) is 5. The van der Waals surface area contributed by atoms with Crippen LogP contribution in [0.5, 0.6) is 0 Å². The third-order valence-corrected chi connectivity index (χ3v) is 4.44. The number of esters is 1. The number of carbonyl (C=O) groups is 2. The number of piperidine rings is 1. The van der Waals surface area contributed by atoms with Crippen LogP contribution in [0.2, 0.25) is 0 Å². The molecule has 1 aliphatic rings. The number of rotatable bonds is 4. The van der Waals surface area contributed by atoms with Crippen LogP contribution >= 0.6 is 0 Å². The molecule has 0 bridgehead atoms. The lowest BCUT2D eigenvalue weighted by Crippen LogP contribution is -2.45. The maximum Gasteiger partial charge on any atom is 0.310 e. The molecule has 1 aliphatic heterocycles. The summed E-state index contributed by atoms with van der Waals surface area (Å²) in [6, 6.07) is 7.21. The first-order valence-electron chi connectivity index (χ1n) is 8.49. The first-order valence-corrected chi connectivity index (χ1v) is 8.49. The van der Waals surface area contributed by atoms with Gasteiger partial charge in [0.2, 0.25) is 5.91 Å². The highest BCUT2D eigenvalue weighted by Crippen LogP contribution is 2.18. The van der Waals surface area contributed by atoms with E-state index in [1.54, 1.807) is 24.0 Å². The molecule has 0 aliphatic carbocycles. The van der Waals surface area contributed by atoms with Crippen LogP contribution in [0.4, 0.5) is 0 Å². The number of fused-ring (bicyclic) bond motifs is 1. The maximum absolute atomic E-state index is 12.7. The van der Waals surface area contributed by atoms with Crippen LogP contribution in [0.3, 0.4) is 0 Å². The number of hydrogen-bond donors (Lipinski definition) is 0. The molecule has 1 saturated heterocycles. The number of benzene rings is 1. The molecule has 7 nitrogen and oxygen atoms in total. The normalized spacial score (nSPS) is 17.5. The van der Waals surface area contributed by atoms with Crippen LogP contribution in [0.1, 0.15) is 19.8 Å². The fraction of sp³-hybridized carbons (Fsp3) is 0.444. The van der Waals surface area contributed by atoms with Crippen LogP contribution < -0.4 is 5.56 Å². The van der Waals surface area contributed by atoms with E-state index in [0.29, 0.717) is 30.7 Å². The number of likely N-dealkylation sites (tertiary alicyclic amines) is 1. The lowest BCUT2D eigenvalue weighted by Gasteiger charge is -2.31. The van der Waals surface area contributed by atoms with Crippen molar-refractivity contribution in [1.29, 1.82) is 0 Å². The number of nitrogens with zero attached hydrogens (tertiary/aromatic N) is 3. The van der Waals surface area contributed by atoms with E-state index in [9.17, 15) is 14.4 Å². The summed E-state index contributed by atoms with van der Waals surface area (Å²) in [7, 11) is 0. The SMILES string of the molecule is CCOC(=O)[C@@H]1CCCN(C(=O)Cn2c(=O)cnc3ccccc32)C1. The Bertz CT molecular complexity index is 846. The van der Waals surface area contributed by atoms with E-state index >= 15 is 0 Å². The fourth-order valence-corrected chi connectivity index (χ4v) is 3.17. The van der Waals surface area contributed by atoms with E-state index in [1.165, 1.54) is 10.8 Å². The predicted molar refractivity (Wildman–Crippen MR) is 91.9 cm³/mol. The molecule has 132 valence electrons. The summed E-state index contributed by atoms with van der Waals surface area (Å²) in [5, 5.41) is 0. The minimum Gasteiger partial charge on any atom is -0.466 e. The molecule has 2 aromatic rings. The second-order valence-corrected chi connectivity index (χ2v) is 6.10. The van der Waals surface area contributed by atoms with Gasteiger partial charge in [-0.15, -0.1) is 0 Å². The zero-order valence-electron chi connectivity index (χ0n) is 14.2. The van der Waals surface area contributed by atoms with Crippen molar-refractivity contribution in [3.63, 3.8) is 0 Å². The molecule has 7 heteroatoms. The van der Waals surface area contributed by atoms with Gasteiger partial charge < -0.3 is 9.64 Å². The first kappa shape index (κ1) is 17.1. The van der Waals surface area contributed by atoms with Gasteiger partial charge in [-0.05, 0) is 31.9 Å². The van der Waals surface area contributed by atoms with Gasteiger partial charge in [0.05, 0.1) is 29.8 Å². The van der Waals surface area contributed by atoms with Gasteiger partial charge in [-0.2, -0.15) is 0 Å². The van der Waals surface area contributed by atoms with Crippen LogP contribution in [-0.2, 0) is 20.9 Å². The summed E-state index contributed by atoms with van der Waals surface area (Å²) in [6.45, 7) is 2.98. The quantitative estimate of drug-likeness (QED) is 0.779. The van der Waals surface area contributed by atoms with Gasteiger partial charge in [-0.25, -0.2) is 4.98 Å². The highest BCUT2D eigenvalue weighted by Gasteiger charge is 2.29. The van der Waals surface area contributed by atoms with E-state index in [1.807, 2.05) is 12.1 Å². The van der Waals surface area contributed by atoms with Gasteiger partial charge in [0.25, 0.3) is 5.56 Å². The Kier molecular flexibility index (Phi) is 5.11. The molecule has 2 heterocycles. The van der Waals surface area contributed by atoms with Crippen molar-refractivity contribution in [3.05, 3.63) is 40.8 Å². The minimum atomic E-state index is -0.314. The van der Waals surface area contributed by atoms with Crippen LogP contribution in [0, 0.1) is 5.92 Å². The number of amides is 1. The topological polar surface area (TPSA) is 81.5 Å². The smallest absolute Gasteiger partial charge is 0.310 e. The Morgan fingerprint density at radius 3 is 2.92 bits per heavy atom. The molecule has 1 aromatic carbocycles. The molecule has 0 radical (unpaired) electrons. The molecule has 0 spiro atoms. The Labute approximate surface area is 145 Å². The molecule has 1 fully saturated rings. The Morgan fingerprint density at radius 2 is 2.12 bits per heavy atom. The summed E-state index contributed by atoms with van der Waals surface area (Å²) in [5.41, 5.74) is 0.978.